The molecule has 3 rings (SSSR count). The van der Waals surface area contributed by atoms with Crippen LogP contribution in [-0.2, 0) is 21.3 Å². The SMILES string of the molecule is O=S(=O)(NCCO)c1ccc(-c2nnn(CC3CCCCO3)n2)cc1. The molecule has 1 aliphatic heterocycles. The van der Waals surface area contributed by atoms with E-state index in [0.29, 0.717) is 17.9 Å². The molecule has 0 saturated carbocycles. The van der Waals surface area contributed by atoms with Crippen molar-refractivity contribution in [2.45, 2.75) is 36.8 Å². The van der Waals surface area contributed by atoms with Gasteiger partial charge >= 0.3 is 0 Å². The van der Waals surface area contributed by atoms with E-state index in [1.807, 2.05) is 0 Å². The number of aromatic nitrogens is 4. The second kappa shape index (κ2) is 8.00. The van der Waals surface area contributed by atoms with Gasteiger partial charge in [-0.1, -0.05) is 0 Å². The summed E-state index contributed by atoms with van der Waals surface area (Å²) < 4.78 is 31.9. The van der Waals surface area contributed by atoms with Crippen molar-refractivity contribution in [3.05, 3.63) is 24.3 Å². The first-order chi connectivity index (χ1) is 12.1. The second-order valence-corrected chi connectivity index (χ2v) is 7.57. The number of benzene rings is 1. The Morgan fingerprint density at radius 2 is 2.08 bits per heavy atom. The molecule has 0 amide bonds. The Morgan fingerprint density at radius 1 is 1.28 bits per heavy atom. The van der Waals surface area contributed by atoms with Crippen LogP contribution in [-0.4, -0.2) is 59.6 Å². The lowest BCUT2D eigenvalue weighted by Gasteiger charge is -2.21. The number of hydrogen-bond acceptors (Lipinski definition) is 7. The maximum atomic E-state index is 12.0. The molecule has 25 heavy (non-hydrogen) atoms. The lowest BCUT2D eigenvalue weighted by molar-refractivity contribution is 0.00133. The molecule has 10 heteroatoms. The van der Waals surface area contributed by atoms with E-state index in [2.05, 4.69) is 20.1 Å². The summed E-state index contributed by atoms with van der Waals surface area (Å²) in [6.45, 7) is 1.05. The molecular weight excluding hydrogens is 346 g/mol. The Balaban J connectivity index is 1.68. The summed E-state index contributed by atoms with van der Waals surface area (Å²) in [5, 5.41) is 21.1. The molecule has 2 N–H and O–H groups in total. The highest BCUT2D eigenvalue weighted by atomic mass is 32.2. The van der Waals surface area contributed by atoms with Crippen molar-refractivity contribution in [1.82, 2.24) is 24.9 Å². The van der Waals surface area contributed by atoms with Gasteiger partial charge in [-0.25, -0.2) is 13.1 Å². The van der Waals surface area contributed by atoms with E-state index in [1.54, 1.807) is 12.1 Å². The van der Waals surface area contributed by atoms with Gasteiger partial charge in [0.1, 0.15) is 0 Å². The van der Waals surface area contributed by atoms with Crippen molar-refractivity contribution in [2.24, 2.45) is 0 Å². The summed E-state index contributed by atoms with van der Waals surface area (Å²) in [7, 11) is -3.62. The van der Waals surface area contributed by atoms with Gasteiger partial charge in [0.2, 0.25) is 15.8 Å². The molecule has 2 aromatic rings. The fraction of sp³-hybridized carbons (Fsp3) is 0.533. The Morgan fingerprint density at radius 3 is 2.76 bits per heavy atom. The van der Waals surface area contributed by atoms with Gasteiger partial charge in [-0.2, -0.15) is 4.80 Å². The van der Waals surface area contributed by atoms with Crippen LogP contribution in [0.1, 0.15) is 19.3 Å². The standard InChI is InChI=1S/C15H21N5O4S/c21-9-8-16-25(22,23)14-6-4-12(5-7-14)15-17-19-20(18-15)11-13-3-1-2-10-24-13/h4-7,13,16,21H,1-3,8-11H2. The van der Waals surface area contributed by atoms with Crippen LogP contribution in [0.15, 0.2) is 29.2 Å². The van der Waals surface area contributed by atoms with E-state index in [-0.39, 0.29) is 24.2 Å². The van der Waals surface area contributed by atoms with Crippen LogP contribution in [0.3, 0.4) is 0 Å². The summed E-state index contributed by atoms with van der Waals surface area (Å²) in [5.41, 5.74) is 0.678. The summed E-state index contributed by atoms with van der Waals surface area (Å²) in [5.74, 6) is 0.433. The normalized spacial score (nSPS) is 18.4. The van der Waals surface area contributed by atoms with Gasteiger partial charge < -0.3 is 9.84 Å². The van der Waals surface area contributed by atoms with Gasteiger partial charge in [0.25, 0.3) is 0 Å². The molecule has 0 radical (unpaired) electrons. The van der Waals surface area contributed by atoms with Gasteiger partial charge in [-0.3, -0.25) is 0 Å². The first kappa shape index (κ1) is 17.9. The zero-order chi connectivity index (χ0) is 17.7. The minimum absolute atomic E-state index is 0.0246. The number of rotatable bonds is 7. The average Bonchev–Trinajstić information content (AvgIpc) is 3.09. The number of hydrogen-bond donors (Lipinski definition) is 2. The lowest BCUT2D eigenvalue weighted by atomic mass is 10.1. The van der Waals surface area contributed by atoms with Crippen LogP contribution < -0.4 is 4.72 Å². The van der Waals surface area contributed by atoms with E-state index in [9.17, 15) is 8.42 Å². The van der Waals surface area contributed by atoms with E-state index >= 15 is 0 Å². The van der Waals surface area contributed by atoms with Crippen LogP contribution in [0, 0.1) is 0 Å². The molecule has 136 valence electrons. The number of nitrogens with one attached hydrogen (secondary N) is 1. The smallest absolute Gasteiger partial charge is 0.240 e. The molecule has 2 heterocycles. The summed E-state index contributed by atoms with van der Waals surface area (Å²) in [6.07, 6.45) is 3.34. The maximum absolute atomic E-state index is 12.0. The molecule has 1 unspecified atom stereocenters. The highest BCUT2D eigenvalue weighted by molar-refractivity contribution is 7.89. The molecule has 0 spiro atoms. The fourth-order valence-electron chi connectivity index (χ4n) is 2.62. The summed E-state index contributed by atoms with van der Waals surface area (Å²) in [4.78, 5) is 1.63. The van der Waals surface area contributed by atoms with Gasteiger partial charge in [-0.05, 0) is 48.7 Å². The van der Waals surface area contributed by atoms with Gasteiger partial charge in [0, 0.05) is 18.7 Å². The van der Waals surface area contributed by atoms with Crippen molar-refractivity contribution in [3.63, 3.8) is 0 Å². The topological polar surface area (TPSA) is 119 Å². The molecule has 1 atom stereocenters. The number of ether oxygens (including phenoxy) is 1. The van der Waals surface area contributed by atoms with E-state index in [4.69, 9.17) is 9.84 Å². The Labute approximate surface area is 146 Å². The zero-order valence-electron chi connectivity index (χ0n) is 13.7. The molecule has 0 bridgehead atoms. The van der Waals surface area contributed by atoms with Crippen molar-refractivity contribution < 1.29 is 18.3 Å². The number of tetrazole rings is 1. The molecule has 0 aliphatic carbocycles. The van der Waals surface area contributed by atoms with Gasteiger partial charge in [0.05, 0.1) is 24.2 Å². The molecule has 9 nitrogen and oxygen atoms in total. The van der Waals surface area contributed by atoms with Gasteiger partial charge in [-0.15, -0.1) is 10.2 Å². The third-order valence-corrected chi connectivity index (χ3v) is 5.40. The van der Waals surface area contributed by atoms with Crippen LogP contribution in [0.25, 0.3) is 11.4 Å². The van der Waals surface area contributed by atoms with Crippen LogP contribution in [0.4, 0.5) is 0 Å². The van der Waals surface area contributed by atoms with Crippen molar-refractivity contribution in [1.29, 1.82) is 0 Å². The maximum Gasteiger partial charge on any atom is 0.240 e. The van der Waals surface area contributed by atoms with Crippen LogP contribution in [0.2, 0.25) is 0 Å². The predicted octanol–water partition coefficient (Wildman–Crippen LogP) is 0.180. The van der Waals surface area contributed by atoms with Crippen molar-refractivity contribution >= 4 is 10.0 Å². The molecule has 1 aliphatic rings. The first-order valence-corrected chi connectivity index (χ1v) is 9.67. The van der Waals surface area contributed by atoms with E-state index in [0.717, 1.165) is 25.9 Å². The number of aliphatic hydroxyl groups excluding tert-OH is 1. The fourth-order valence-corrected chi connectivity index (χ4v) is 3.64. The summed E-state index contributed by atoms with van der Waals surface area (Å²) in [6, 6.07) is 6.21. The average molecular weight is 367 g/mol. The van der Waals surface area contributed by atoms with Gasteiger partial charge in [0.15, 0.2) is 0 Å². The highest BCUT2D eigenvalue weighted by Gasteiger charge is 2.17. The quantitative estimate of drug-likeness (QED) is 0.716. The van der Waals surface area contributed by atoms with Crippen molar-refractivity contribution in [2.75, 3.05) is 19.8 Å². The van der Waals surface area contributed by atoms with E-state index in [1.165, 1.54) is 16.9 Å². The van der Waals surface area contributed by atoms with Crippen molar-refractivity contribution in [3.8, 4) is 11.4 Å². The molecule has 1 aromatic heterocycles. The largest absolute Gasteiger partial charge is 0.395 e. The molecular formula is C15H21N5O4S. The monoisotopic (exact) mass is 367 g/mol. The van der Waals surface area contributed by atoms with E-state index < -0.39 is 10.0 Å². The summed E-state index contributed by atoms with van der Waals surface area (Å²) >= 11 is 0. The third-order valence-electron chi connectivity index (χ3n) is 3.92. The third kappa shape index (κ3) is 4.60. The first-order valence-electron chi connectivity index (χ1n) is 8.19. The predicted molar refractivity (Wildman–Crippen MR) is 89.1 cm³/mol. The Bertz CT molecular complexity index is 785. The zero-order valence-corrected chi connectivity index (χ0v) is 14.5. The minimum Gasteiger partial charge on any atom is -0.395 e. The molecule has 1 fully saturated rings. The van der Waals surface area contributed by atoms with Crippen LogP contribution >= 0.6 is 0 Å². The Kier molecular flexibility index (Phi) is 5.74. The van der Waals surface area contributed by atoms with Crippen LogP contribution in [0.5, 0.6) is 0 Å². The number of aliphatic hydroxyl groups is 1. The molecule has 1 saturated heterocycles. The Hall–Kier alpha value is -1.88. The highest BCUT2D eigenvalue weighted by Crippen LogP contribution is 2.18. The number of sulfonamides is 1. The number of nitrogens with zero attached hydrogens (tertiary/aromatic N) is 4. The lowest BCUT2D eigenvalue weighted by Crippen LogP contribution is -2.26. The molecule has 1 aromatic carbocycles. The second-order valence-electron chi connectivity index (χ2n) is 5.80. The minimum atomic E-state index is -3.62.